The van der Waals surface area contributed by atoms with Crippen LogP contribution in [-0.4, -0.2) is 65.7 Å². The van der Waals surface area contributed by atoms with E-state index in [-0.39, 0.29) is 19.0 Å². The van der Waals surface area contributed by atoms with Crippen molar-refractivity contribution in [1.29, 1.82) is 0 Å². The van der Waals surface area contributed by atoms with Gasteiger partial charge in [0.15, 0.2) is 0 Å². The predicted molar refractivity (Wildman–Crippen MR) is 70.4 cm³/mol. The molecule has 0 aromatic heterocycles. The van der Waals surface area contributed by atoms with Crippen molar-refractivity contribution in [3.05, 3.63) is 0 Å². The summed E-state index contributed by atoms with van der Waals surface area (Å²) in [6.07, 6.45) is -0.488. The zero-order chi connectivity index (χ0) is 16.2. The van der Waals surface area contributed by atoms with Gasteiger partial charge in [0.05, 0.1) is 13.5 Å². The van der Waals surface area contributed by atoms with Crippen LogP contribution < -0.4 is 10.6 Å². The molecule has 0 unspecified atom stereocenters. The number of esters is 1. The van der Waals surface area contributed by atoms with Gasteiger partial charge in [-0.25, -0.2) is 9.59 Å². The number of carboxylic acids is 1. The van der Waals surface area contributed by atoms with Crippen molar-refractivity contribution in [2.75, 3.05) is 20.2 Å². The van der Waals surface area contributed by atoms with E-state index in [0.29, 0.717) is 0 Å². The van der Waals surface area contributed by atoms with Crippen LogP contribution in [0.15, 0.2) is 0 Å². The Bertz CT molecular complexity index is 462. The molecular weight excluding hydrogens is 282 g/mol. The van der Waals surface area contributed by atoms with Gasteiger partial charge in [-0.15, -0.1) is 0 Å². The number of nitrogens with zero attached hydrogens (tertiary/aromatic N) is 1. The van der Waals surface area contributed by atoms with E-state index >= 15 is 0 Å². The van der Waals surface area contributed by atoms with Crippen LogP contribution in [0.25, 0.3) is 0 Å². The monoisotopic (exact) mass is 301 g/mol. The molecule has 0 aromatic rings. The smallest absolute Gasteiger partial charge is 0.326 e. The molecule has 9 nitrogen and oxygen atoms in total. The van der Waals surface area contributed by atoms with E-state index in [1.807, 2.05) is 0 Å². The Morgan fingerprint density at radius 3 is 2.62 bits per heavy atom. The first-order valence-electron chi connectivity index (χ1n) is 6.36. The minimum absolute atomic E-state index is 0.245. The average Bonchev–Trinajstić information content (AvgIpc) is 2.40. The third-order valence-corrected chi connectivity index (χ3v) is 3.29. The maximum Gasteiger partial charge on any atom is 0.326 e. The molecule has 1 saturated heterocycles. The highest BCUT2D eigenvalue weighted by Gasteiger charge is 2.41. The van der Waals surface area contributed by atoms with Gasteiger partial charge < -0.3 is 25.4 Å². The van der Waals surface area contributed by atoms with Crippen LogP contribution in [0.5, 0.6) is 0 Å². The van der Waals surface area contributed by atoms with Gasteiger partial charge in [-0.1, -0.05) is 0 Å². The second-order valence-corrected chi connectivity index (χ2v) is 5.09. The van der Waals surface area contributed by atoms with E-state index in [4.69, 9.17) is 5.11 Å². The van der Waals surface area contributed by atoms with Crippen molar-refractivity contribution in [3.63, 3.8) is 0 Å². The van der Waals surface area contributed by atoms with Crippen molar-refractivity contribution < 1.29 is 29.0 Å². The Labute approximate surface area is 121 Å². The molecule has 0 bridgehead atoms. The van der Waals surface area contributed by atoms with Crippen molar-refractivity contribution in [1.82, 2.24) is 15.5 Å². The van der Waals surface area contributed by atoms with Crippen LogP contribution in [0, 0.1) is 0 Å². The number of rotatable bonds is 4. The van der Waals surface area contributed by atoms with E-state index < -0.39 is 36.0 Å². The first kappa shape index (κ1) is 16.7. The summed E-state index contributed by atoms with van der Waals surface area (Å²) in [5, 5.41) is 13.9. The van der Waals surface area contributed by atoms with Gasteiger partial charge in [0.2, 0.25) is 5.91 Å². The van der Waals surface area contributed by atoms with Gasteiger partial charge in [-0.3, -0.25) is 9.59 Å². The number of carbonyl (C=O) groups excluding carboxylic acids is 3. The molecule has 1 heterocycles. The van der Waals surface area contributed by atoms with Crippen molar-refractivity contribution in [3.8, 4) is 0 Å². The highest BCUT2D eigenvalue weighted by atomic mass is 16.5. The van der Waals surface area contributed by atoms with Crippen LogP contribution in [0.1, 0.15) is 20.3 Å². The molecule has 0 saturated carbocycles. The third-order valence-electron chi connectivity index (χ3n) is 3.29. The molecule has 9 heteroatoms. The minimum atomic E-state index is -1.41. The van der Waals surface area contributed by atoms with E-state index in [2.05, 4.69) is 15.4 Å². The molecule has 1 aliphatic rings. The highest BCUT2D eigenvalue weighted by Crippen LogP contribution is 2.17. The molecule has 1 atom stereocenters. The molecule has 3 amide bonds. The fourth-order valence-corrected chi connectivity index (χ4v) is 1.93. The number of aliphatic carboxylic acids is 1. The lowest BCUT2D eigenvalue weighted by Gasteiger charge is -2.41. The summed E-state index contributed by atoms with van der Waals surface area (Å²) in [5.41, 5.74) is -1.10. The second kappa shape index (κ2) is 6.42. The van der Waals surface area contributed by atoms with Crippen LogP contribution >= 0.6 is 0 Å². The zero-order valence-corrected chi connectivity index (χ0v) is 12.1. The largest absolute Gasteiger partial charge is 0.480 e. The SMILES string of the molecule is COC(=O)C[C@H](NC(=O)N1CCNC(=O)C1(C)C)C(=O)O. The molecule has 21 heavy (non-hydrogen) atoms. The van der Waals surface area contributed by atoms with Crippen LogP contribution in [0.3, 0.4) is 0 Å². The molecular formula is C12H19N3O6. The summed E-state index contributed by atoms with van der Waals surface area (Å²) >= 11 is 0. The van der Waals surface area contributed by atoms with E-state index in [9.17, 15) is 19.2 Å². The average molecular weight is 301 g/mol. The summed E-state index contributed by atoms with van der Waals surface area (Å²) in [4.78, 5) is 47.4. The molecule has 0 radical (unpaired) electrons. The van der Waals surface area contributed by atoms with Gasteiger partial charge in [0.1, 0.15) is 11.6 Å². The van der Waals surface area contributed by atoms with Gasteiger partial charge >= 0.3 is 18.0 Å². The number of carboxylic acid groups (broad SMARTS) is 1. The fourth-order valence-electron chi connectivity index (χ4n) is 1.93. The number of ether oxygens (including phenoxy) is 1. The molecule has 1 rings (SSSR count). The Kier molecular flexibility index (Phi) is 5.12. The van der Waals surface area contributed by atoms with Crippen LogP contribution in [0.4, 0.5) is 4.79 Å². The summed E-state index contributed by atoms with van der Waals surface area (Å²) in [6, 6.07) is -2.13. The summed E-state index contributed by atoms with van der Waals surface area (Å²) in [7, 11) is 1.13. The summed E-state index contributed by atoms with van der Waals surface area (Å²) in [6.45, 7) is 3.63. The number of urea groups is 1. The lowest BCUT2D eigenvalue weighted by molar-refractivity contribution is -0.147. The number of amides is 3. The molecule has 1 fully saturated rings. The van der Waals surface area contributed by atoms with Crippen LogP contribution in [-0.2, 0) is 19.1 Å². The second-order valence-electron chi connectivity index (χ2n) is 5.09. The predicted octanol–water partition coefficient (Wildman–Crippen LogP) is -1.08. The summed E-state index contributed by atoms with van der Waals surface area (Å²) in [5.74, 6) is -2.44. The Hall–Kier alpha value is -2.32. The number of hydrogen-bond acceptors (Lipinski definition) is 5. The number of methoxy groups -OCH3 is 1. The Morgan fingerprint density at radius 2 is 2.10 bits per heavy atom. The third kappa shape index (κ3) is 3.83. The van der Waals surface area contributed by atoms with E-state index in [1.165, 1.54) is 4.90 Å². The van der Waals surface area contributed by atoms with Gasteiger partial charge in [-0.05, 0) is 13.8 Å². The van der Waals surface area contributed by atoms with E-state index in [0.717, 1.165) is 7.11 Å². The van der Waals surface area contributed by atoms with Crippen LogP contribution in [0.2, 0.25) is 0 Å². The van der Waals surface area contributed by atoms with Crippen molar-refractivity contribution >= 4 is 23.9 Å². The topological polar surface area (TPSA) is 125 Å². The van der Waals surface area contributed by atoms with Gasteiger partial charge in [0, 0.05) is 13.1 Å². The maximum atomic E-state index is 12.2. The quantitative estimate of drug-likeness (QED) is 0.567. The number of piperazine rings is 1. The summed E-state index contributed by atoms with van der Waals surface area (Å²) < 4.78 is 4.38. The van der Waals surface area contributed by atoms with Gasteiger partial charge in [-0.2, -0.15) is 0 Å². The fraction of sp³-hybridized carbons (Fsp3) is 0.667. The maximum absolute atomic E-state index is 12.2. The lowest BCUT2D eigenvalue weighted by Crippen LogP contribution is -2.66. The molecule has 0 aliphatic carbocycles. The molecule has 0 spiro atoms. The molecule has 1 aliphatic heterocycles. The first-order chi connectivity index (χ1) is 9.70. The minimum Gasteiger partial charge on any atom is -0.480 e. The van der Waals surface area contributed by atoms with Gasteiger partial charge in [0.25, 0.3) is 0 Å². The zero-order valence-electron chi connectivity index (χ0n) is 12.1. The Balaban J connectivity index is 2.79. The van der Waals surface area contributed by atoms with Crippen molar-refractivity contribution in [2.45, 2.75) is 31.8 Å². The highest BCUT2D eigenvalue weighted by molar-refractivity contribution is 5.93. The molecule has 118 valence electrons. The van der Waals surface area contributed by atoms with E-state index in [1.54, 1.807) is 13.8 Å². The number of carbonyl (C=O) groups is 4. The molecule has 3 N–H and O–H groups in total. The standard InChI is InChI=1S/C12H19N3O6/c1-12(2)10(19)13-4-5-15(12)11(20)14-7(9(17)18)6-8(16)21-3/h7H,4-6H2,1-3H3,(H,13,19)(H,14,20)(H,17,18)/t7-/m0/s1. The van der Waals surface area contributed by atoms with Crippen molar-refractivity contribution in [2.24, 2.45) is 0 Å². The Morgan fingerprint density at radius 1 is 1.48 bits per heavy atom. The normalized spacial score (nSPS) is 18.4. The first-order valence-corrected chi connectivity index (χ1v) is 6.36. The number of hydrogen-bond donors (Lipinski definition) is 3. The lowest BCUT2D eigenvalue weighted by atomic mass is 9.99. The molecule has 0 aromatic carbocycles. The number of nitrogens with one attached hydrogen (secondary N) is 2.